The summed E-state index contributed by atoms with van der Waals surface area (Å²) in [5, 5.41) is 2.10. The van der Waals surface area contributed by atoms with Crippen LogP contribution in [0.5, 0.6) is 0 Å². The van der Waals surface area contributed by atoms with Crippen molar-refractivity contribution in [2.24, 2.45) is 5.84 Å². The molecule has 5 heteroatoms. The Morgan fingerprint density at radius 1 is 1.29 bits per heavy atom. The van der Waals surface area contributed by atoms with Crippen molar-refractivity contribution < 1.29 is 4.79 Å². The molecule has 0 saturated heterocycles. The van der Waals surface area contributed by atoms with Crippen LogP contribution in [0.4, 0.5) is 0 Å². The molecule has 0 bridgehead atoms. The van der Waals surface area contributed by atoms with Crippen LogP contribution < -0.4 is 11.3 Å². The van der Waals surface area contributed by atoms with Gasteiger partial charge in [-0.15, -0.1) is 11.3 Å². The molecule has 0 saturated carbocycles. The molecule has 0 unspecified atom stereocenters. The molecular weight excluding hydrogens is 282 g/mol. The van der Waals surface area contributed by atoms with Gasteiger partial charge >= 0.3 is 0 Å². The zero-order valence-corrected chi connectivity index (χ0v) is 13.2. The fourth-order valence-electron chi connectivity index (χ4n) is 2.15. The molecule has 0 fully saturated rings. The number of nitrogens with two attached hydrogens (primary N) is 1. The number of amides is 1. The molecule has 1 heterocycles. The SMILES string of the molecule is CC(C)N(Cc1cccc(C(=O)NN)c1)Cc1cccs1. The Hall–Kier alpha value is -1.69. The highest BCUT2D eigenvalue weighted by Crippen LogP contribution is 2.17. The van der Waals surface area contributed by atoms with Gasteiger partial charge in [-0.25, -0.2) is 5.84 Å². The maximum absolute atomic E-state index is 11.6. The monoisotopic (exact) mass is 303 g/mol. The van der Waals surface area contributed by atoms with E-state index in [1.165, 1.54) is 4.88 Å². The number of benzene rings is 1. The van der Waals surface area contributed by atoms with E-state index in [9.17, 15) is 4.79 Å². The highest BCUT2D eigenvalue weighted by molar-refractivity contribution is 7.09. The van der Waals surface area contributed by atoms with Gasteiger partial charge in [0.05, 0.1) is 0 Å². The number of carbonyl (C=O) groups is 1. The molecule has 112 valence electrons. The van der Waals surface area contributed by atoms with E-state index in [2.05, 4.69) is 41.7 Å². The number of hydrazine groups is 1. The number of hydrogen-bond acceptors (Lipinski definition) is 4. The Morgan fingerprint density at radius 2 is 2.10 bits per heavy atom. The van der Waals surface area contributed by atoms with E-state index in [0.29, 0.717) is 11.6 Å². The van der Waals surface area contributed by atoms with Gasteiger partial charge in [-0.2, -0.15) is 0 Å². The Kier molecular flexibility index (Phi) is 5.50. The van der Waals surface area contributed by atoms with Gasteiger partial charge in [0, 0.05) is 29.6 Å². The fourth-order valence-corrected chi connectivity index (χ4v) is 2.88. The van der Waals surface area contributed by atoms with E-state index in [4.69, 9.17) is 5.84 Å². The lowest BCUT2D eigenvalue weighted by Gasteiger charge is -2.26. The average Bonchev–Trinajstić information content (AvgIpc) is 2.99. The van der Waals surface area contributed by atoms with Crippen LogP contribution in [-0.4, -0.2) is 16.8 Å². The number of rotatable bonds is 6. The first-order valence-electron chi connectivity index (χ1n) is 6.96. The largest absolute Gasteiger partial charge is 0.292 e. The van der Waals surface area contributed by atoms with Crippen LogP contribution in [-0.2, 0) is 13.1 Å². The Morgan fingerprint density at radius 3 is 2.71 bits per heavy atom. The summed E-state index contributed by atoms with van der Waals surface area (Å²) in [6.45, 7) is 6.10. The first-order chi connectivity index (χ1) is 10.1. The van der Waals surface area contributed by atoms with Crippen molar-refractivity contribution in [1.29, 1.82) is 0 Å². The van der Waals surface area contributed by atoms with E-state index < -0.39 is 0 Å². The Bertz CT molecular complexity index is 581. The number of nitrogens with zero attached hydrogens (tertiary/aromatic N) is 1. The normalized spacial score (nSPS) is 11.1. The van der Waals surface area contributed by atoms with E-state index in [-0.39, 0.29) is 5.91 Å². The van der Waals surface area contributed by atoms with Crippen LogP contribution in [0.1, 0.15) is 34.6 Å². The Balaban J connectivity index is 2.11. The second-order valence-corrected chi connectivity index (χ2v) is 6.28. The molecule has 2 rings (SSSR count). The predicted molar refractivity (Wildman–Crippen MR) is 86.8 cm³/mol. The minimum Gasteiger partial charge on any atom is -0.292 e. The maximum Gasteiger partial charge on any atom is 0.265 e. The molecule has 21 heavy (non-hydrogen) atoms. The van der Waals surface area contributed by atoms with Crippen molar-refractivity contribution in [3.63, 3.8) is 0 Å². The minimum absolute atomic E-state index is 0.258. The minimum atomic E-state index is -0.258. The van der Waals surface area contributed by atoms with Crippen molar-refractivity contribution in [2.45, 2.75) is 33.0 Å². The molecule has 0 radical (unpaired) electrons. The van der Waals surface area contributed by atoms with Crippen molar-refractivity contribution in [1.82, 2.24) is 10.3 Å². The van der Waals surface area contributed by atoms with E-state index in [1.54, 1.807) is 17.4 Å². The summed E-state index contributed by atoms with van der Waals surface area (Å²) in [5.74, 6) is 4.93. The smallest absolute Gasteiger partial charge is 0.265 e. The average molecular weight is 303 g/mol. The molecule has 1 aromatic heterocycles. The third kappa shape index (κ3) is 4.39. The van der Waals surface area contributed by atoms with Crippen LogP contribution in [0.25, 0.3) is 0 Å². The molecule has 0 aliphatic carbocycles. The first kappa shape index (κ1) is 15.7. The lowest BCUT2D eigenvalue weighted by Crippen LogP contribution is -2.31. The zero-order valence-electron chi connectivity index (χ0n) is 12.4. The van der Waals surface area contributed by atoms with Crippen LogP contribution >= 0.6 is 11.3 Å². The second-order valence-electron chi connectivity index (χ2n) is 5.25. The molecule has 2 aromatic rings. The molecule has 0 atom stereocenters. The number of nitrogen functional groups attached to an aromatic ring is 1. The first-order valence-corrected chi connectivity index (χ1v) is 7.84. The zero-order chi connectivity index (χ0) is 15.2. The van der Waals surface area contributed by atoms with Gasteiger partial charge in [-0.1, -0.05) is 18.2 Å². The summed E-state index contributed by atoms with van der Waals surface area (Å²) in [7, 11) is 0. The summed E-state index contributed by atoms with van der Waals surface area (Å²) in [6.07, 6.45) is 0. The molecule has 1 aromatic carbocycles. The number of hydrogen-bond donors (Lipinski definition) is 2. The number of carbonyl (C=O) groups excluding carboxylic acids is 1. The quantitative estimate of drug-likeness (QED) is 0.490. The summed E-state index contributed by atoms with van der Waals surface area (Å²) in [6, 6.07) is 12.2. The number of nitrogens with one attached hydrogen (secondary N) is 1. The third-order valence-corrected chi connectivity index (χ3v) is 4.24. The Labute approximate surface area is 129 Å². The lowest BCUT2D eigenvalue weighted by atomic mass is 10.1. The molecule has 1 amide bonds. The van der Waals surface area contributed by atoms with Crippen molar-refractivity contribution in [3.8, 4) is 0 Å². The van der Waals surface area contributed by atoms with Gasteiger partial charge in [-0.3, -0.25) is 15.1 Å². The van der Waals surface area contributed by atoms with E-state index >= 15 is 0 Å². The van der Waals surface area contributed by atoms with Crippen molar-refractivity contribution in [3.05, 3.63) is 57.8 Å². The van der Waals surface area contributed by atoms with Gasteiger partial charge in [0.2, 0.25) is 0 Å². The van der Waals surface area contributed by atoms with E-state index in [0.717, 1.165) is 18.7 Å². The highest BCUT2D eigenvalue weighted by Gasteiger charge is 2.12. The summed E-state index contributed by atoms with van der Waals surface area (Å²) >= 11 is 1.77. The van der Waals surface area contributed by atoms with Gasteiger partial charge in [0.1, 0.15) is 0 Å². The summed E-state index contributed by atoms with van der Waals surface area (Å²) < 4.78 is 0. The molecule has 0 aliphatic heterocycles. The molecule has 0 spiro atoms. The van der Waals surface area contributed by atoms with Gasteiger partial charge in [-0.05, 0) is 43.0 Å². The van der Waals surface area contributed by atoms with Gasteiger partial charge in [0.15, 0.2) is 0 Å². The number of thiophene rings is 1. The lowest BCUT2D eigenvalue weighted by molar-refractivity contribution is 0.0953. The van der Waals surface area contributed by atoms with Crippen LogP contribution in [0, 0.1) is 0 Å². The second kappa shape index (κ2) is 7.36. The predicted octanol–water partition coefficient (Wildman–Crippen LogP) is 2.76. The standard InChI is InChI=1S/C16H21N3OS/c1-12(2)19(11-15-7-4-8-21-15)10-13-5-3-6-14(9-13)16(20)18-17/h3-9,12H,10-11,17H2,1-2H3,(H,18,20). The summed E-state index contributed by atoms with van der Waals surface area (Å²) in [4.78, 5) is 15.3. The van der Waals surface area contributed by atoms with Crippen LogP contribution in [0.2, 0.25) is 0 Å². The molecule has 3 N–H and O–H groups in total. The maximum atomic E-state index is 11.6. The molecule has 0 aliphatic rings. The van der Waals surface area contributed by atoms with Crippen molar-refractivity contribution in [2.75, 3.05) is 0 Å². The van der Waals surface area contributed by atoms with Crippen molar-refractivity contribution >= 4 is 17.2 Å². The summed E-state index contributed by atoms with van der Waals surface area (Å²) in [5.41, 5.74) is 3.87. The van der Waals surface area contributed by atoms with Crippen LogP contribution in [0.3, 0.4) is 0 Å². The highest BCUT2D eigenvalue weighted by atomic mass is 32.1. The fraction of sp³-hybridized carbons (Fsp3) is 0.312. The topological polar surface area (TPSA) is 58.4 Å². The molecular formula is C16H21N3OS. The van der Waals surface area contributed by atoms with Gasteiger partial charge < -0.3 is 0 Å². The third-order valence-electron chi connectivity index (χ3n) is 3.38. The van der Waals surface area contributed by atoms with E-state index in [1.807, 2.05) is 18.2 Å². The molecule has 4 nitrogen and oxygen atoms in total. The van der Waals surface area contributed by atoms with Crippen LogP contribution in [0.15, 0.2) is 41.8 Å². The van der Waals surface area contributed by atoms with Gasteiger partial charge in [0.25, 0.3) is 5.91 Å².